The minimum Gasteiger partial charge on any atom is -1.00 e. The van der Waals surface area contributed by atoms with Gasteiger partial charge in [-0.25, -0.2) is 4.98 Å². The topological polar surface area (TPSA) is 63.6 Å². The van der Waals surface area contributed by atoms with Gasteiger partial charge in [0, 0.05) is 6.07 Å². The van der Waals surface area contributed by atoms with E-state index in [1.807, 2.05) is 29.8 Å². The molecular weight excluding hydrogens is 338 g/mol. The van der Waals surface area contributed by atoms with Gasteiger partial charge >= 0.3 is 0 Å². The van der Waals surface area contributed by atoms with Crippen molar-refractivity contribution in [1.29, 1.82) is 0 Å². The highest BCUT2D eigenvalue weighted by atomic mass is 79.9. The number of H-pyrrole nitrogens is 2. The molecule has 0 radical (unpaired) electrons. The van der Waals surface area contributed by atoms with Crippen LogP contribution in [0.3, 0.4) is 0 Å². The number of nitrogens with one attached hydrogen (secondary N) is 2. The lowest BCUT2D eigenvalue weighted by Gasteiger charge is -1.90. The Morgan fingerprint density at radius 2 is 1.94 bits per heavy atom. The third-order valence-electron chi connectivity index (χ3n) is 2.44. The van der Waals surface area contributed by atoms with E-state index in [-0.39, 0.29) is 39.5 Å². The summed E-state index contributed by atoms with van der Waals surface area (Å²) < 4.78 is 0. The van der Waals surface area contributed by atoms with Crippen LogP contribution in [0.2, 0.25) is 0 Å². The van der Waals surface area contributed by atoms with Crippen LogP contribution in [0.25, 0.3) is 11.1 Å². The molecule has 6 heteroatoms. The highest BCUT2D eigenvalue weighted by Gasteiger charge is 2.25. The fraction of sp³-hybridized carbons (Fsp3) is 0. The molecule has 1 aliphatic heterocycles. The Balaban J connectivity index is 0.000000640. The van der Waals surface area contributed by atoms with Crippen molar-refractivity contribution in [2.45, 2.75) is 0 Å². The van der Waals surface area contributed by atoms with Crippen LogP contribution in [0.15, 0.2) is 35.4 Å². The molecule has 0 saturated carbocycles. The third-order valence-corrected chi connectivity index (χ3v) is 2.44. The van der Waals surface area contributed by atoms with Crippen molar-refractivity contribution >= 4 is 11.5 Å². The maximum atomic E-state index is 11.1. The molecule has 0 fully saturated rings. The summed E-state index contributed by atoms with van der Waals surface area (Å²) in [7, 11) is 0. The van der Waals surface area contributed by atoms with Gasteiger partial charge in [0.15, 0.2) is 18.1 Å². The van der Waals surface area contributed by atoms with Crippen LogP contribution in [0, 0.1) is 0 Å². The van der Waals surface area contributed by atoms with Crippen molar-refractivity contribution in [2.75, 3.05) is 0 Å². The van der Waals surface area contributed by atoms with Crippen LogP contribution < -0.4 is 49.8 Å². The molecule has 0 atom stereocenters. The molecule has 1 aliphatic rings. The van der Waals surface area contributed by atoms with Gasteiger partial charge in [-0.15, -0.1) is 0 Å². The van der Waals surface area contributed by atoms with Crippen LogP contribution >= 0.6 is 0 Å². The first-order chi connectivity index (χ1) is 6.84. The zero-order valence-corrected chi connectivity index (χ0v) is 11.3. The van der Waals surface area contributed by atoms with Crippen LogP contribution in [-0.4, -0.2) is 4.98 Å². The van der Waals surface area contributed by atoms with E-state index in [9.17, 15) is 4.79 Å². The molecule has 0 aromatic carbocycles. The molecule has 0 bridgehead atoms. The Labute approximate surface area is 113 Å². The molecule has 0 aliphatic carbocycles. The zero-order valence-electron chi connectivity index (χ0n) is 8.13. The molecule has 0 saturated heterocycles. The molecule has 2 aromatic rings. The van der Waals surface area contributed by atoms with Gasteiger partial charge in [0.1, 0.15) is 5.56 Å². The SMILES string of the molecule is O=c1ccc2c([nH]1)[NH2+]c1cc[nH+]cc1-2.[Br-].[Br-]. The number of halogens is 2. The molecule has 3 heterocycles. The number of pyridine rings is 2. The summed E-state index contributed by atoms with van der Waals surface area (Å²) in [6.07, 6.45) is 3.81. The Morgan fingerprint density at radius 1 is 1.12 bits per heavy atom. The predicted octanol–water partition coefficient (Wildman–Crippen LogP) is -6.30. The van der Waals surface area contributed by atoms with Crippen LogP contribution in [0.1, 0.15) is 0 Å². The lowest BCUT2D eigenvalue weighted by Crippen LogP contribution is -3.00. The van der Waals surface area contributed by atoms with Crippen molar-refractivity contribution < 1.29 is 44.3 Å². The normalized spacial score (nSPS) is 10.8. The van der Waals surface area contributed by atoms with Crippen molar-refractivity contribution in [3.63, 3.8) is 0 Å². The van der Waals surface area contributed by atoms with Gasteiger partial charge in [0.2, 0.25) is 5.82 Å². The van der Waals surface area contributed by atoms with E-state index < -0.39 is 0 Å². The van der Waals surface area contributed by atoms with Crippen LogP contribution in [0.4, 0.5) is 11.5 Å². The van der Waals surface area contributed by atoms with Crippen molar-refractivity contribution in [3.8, 4) is 11.1 Å². The highest BCUT2D eigenvalue weighted by Crippen LogP contribution is 2.30. The van der Waals surface area contributed by atoms with Gasteiger partial charge in [0.05, 0.1) is 11.6 Å². The summed E-state index contributed by atoms with van der Waals surface area (Å²) >= 11 is 0. The Kier molecular flexibility index (Phi) is 4.01. The number of rotatable bonds is 0. The summed E-state index contributed by atoms with van der Waals surface area (Å²) in [5.74, 6) is 0.895. The highest BCUT2D eigenvalue weighted by molar-refractivity contribution is 5.81. The maximum absolute atomic E-state index is 11.1. The minimum absolute atomic E-state index is 0. The van der Waals surface area contributed by atoms with E-state index in [1.165, 1.54) is 0 Å². The summed E-state index contributed by atoms with van der Waals surface area (Å²) in [5.41, 5.74) is 3.30. The lowest BCUT2D eigenvalue weighted by molar-refractivity contribution is -0.479. The first-order valence-corrected chi connectivity index (χ1v) is 4.43. The molecule has 84 valence electrons. The second kappa shape index (κ2) is 4.90. The van der Waals surface area contributed by atoms with Gasteiger partial charge in [-0.2, -0.15) is 0 Å². The van der Waals surface area contributed by atoms with E-state index in [0.29, 0.717) is 0 Å². The number of aromatic amines is 2. The molecule has 0 amide bonds. The molecule has 4 N–H and O–H groups in total. The molecular formula is C10H9Br2N3O. The first-order valence-electron chi connectivity index (χ1n) is 4.43. The minimum atomic E-state index is -0.0585. The molecule has 4 nitrogen and oxygen atoms in total. The lowest BCUT2D eigenvalue weighted by atomic mass is 10.1. The average molecular weight is 347 g/mol. The van der Waals surface area contributed by atoms with Gasteiger partial charge in [0.25, 0.3) is 5.56 Å². The molecule has 0 spiro atoms. The Hall–Kier alpha value is -0.980. The Morgan fingerprint density at radius 3 is 2.75 bits per heavy atom. The molecule has 16 heavy (non-hydrogen) atoms. The molecule has 3 rings (SSSR count). The second-order valence-corrected chi connectivity index (χ2v) is 3.31. The average Bonchev–Trinajstić information content (AvgIpc) is 2.54. The number of aromatic nitrogens is 2. The van der Waals surface area contributed by atoms with Crippen LogP contribution in [-0.2, 0) is 0 Å². The number of hydrogen-bond donors (Lipinski definition) is 2. The van der Waals surface area contributed by atoms with Crippen molar-refractivity contribution in [2.24, 2.45) is 0 Å². The summed E-state index contributed by atoms with van der Waals surface area (Å²) in [6.45, 7) is 0. The summed E-state index contributed by atoms with van der Waals surface area (Å²) in [5, 5.41) is 1.99. The zero-order chi connectivity index (χ0) is 9.54. The summed E-state index contributed by atoms with van der Waals surface area (Å²) in [6, 6.07) is 5.40. The summed E-state index contributed by atoms with van der Waals surface area (Å²) in [4.78, 5) is 16.9. The Bertz CT molecular complexity index is 568. The standard InChI is InChI=1S/C10H7N3O.2BrH/c14-9-2-1-6-7-5-11-4-3-8(7)12-10(6)13-9;;/h1-5H,(H2,12,13,14);2*1H. The number of hydrogen-bond acceptors (Lipinski definition) is 1. The number of nitrogens with two attached hydrogens (primary N) is 1. The van der Waals surface area contributed by atoms with Crippen molar-refractivity contribution in [1.82, 2.24) is 4.98 Å². The van der Waals surface area contributed by atoms with E-state index in [0.717, 1.165) is 22.6 Å². The van der Waals surface area contributed by atoms with Crippen molar-refractivity contribution in [3.05, 3.63) is 40.9 Å². The predicted molar refractivity (Wildman–Crippen MR) is 50.3 cm³/mol. The quantitative estimate of drug-likeness (QED) is 0.418. The largest absolute Gasteiger partial charge is 1.00 e. The van der Waals surface area contributed by atoms with Gasteiger partial charge < -0.3 is 34.0 Å². The second-order valence-electron chi connectivity index (χ2n) is 3.31. The monoisotopic (exact) mass is 345 g/mol. The van der Waals surface area contributed by atoms with E-state index in [2.05, 4.69) is 9.97 Å². The van der Waals surface area contributed by atoms with E-state index in [1.54, 1.807) is 6.07 Å². The third kappa shape index (κ3) is 1.95. The number of quaternary nitrogens is 1. The smallest absolute Gasteiger partial charge is 0.252 e. The fourth-order valence-corrected chi connectivity index (χ4v) is 1.80. The molecule has 0 unspecified atom stereocenters. The van der Waals surface area contributed by atoms with Gasteiger partial charge in [-0.1, -0.05) is 0 Å². The van der Waals surface area contributed by atoms with E-state index in [4.69, 9.17) is 0 Å². The number of fused-ring (bicyclic) bond motifs is 3. The fourth-order valence-electron chi connectivity index (χ4n) is 1.80. The van der Waals surface area contributed by atoms with Gasteiger partial charge in [-0.3, -0.25) is 15.1 Å². The first kappa shape index (κ1) is 13.1. The van der Waals surface area contributed by atoms with Gasteiger partial charge in [-0.05, 0) is 6.07 Å². The van der Waals surface area contributed by atoms with Crippen LogP contribution in [0.5, 0.6) is 0 Å². The van der Waals surface area contributed by atoms with E-state index >= 15 is 0 Å². The maximum Gasteiger partial charge on any atom is 0.252 e. The molecule has 2 aromatic heterocycles.